The molecule has 0 heterocycles. The molecule has 1 unspecified atom stereocenters. The predicted octanol–water partition coefficient (Wildman–Crippen LogP) is 2.91. The molecule has 0 spiro atoms. The number of halogens is 1. The van der Waals surface area contributed by atoms with Crippen LogP contribution in [0.5, 0.6) is 0 Å². The first-order valence-corrected chi connectivity index (χ1v) is 6.42. The number of nitrogens with zero attached hydrogens (tertiary/aromatic N) is 1. The molecule has 18 heavy (non-hydrogen) atoms. The van der Waals surface area contributed by atoms with E-state index in [0.717, 1.165) is 16.8 Å². The Labute approximate surface area is 114 Å². The van der Waals surface area contributed by atoms with E-state index in [1.54, 1.807) is 18.9 Å². The van der Waals surface area contributed by atoms with Gasteiger partial charge in [-0.1, -0.05) is 12.1 Å². The number of carbonyl (C=O) groups excluding carboxylic acids is 1. The van der Waals surface area contributed by atoms with Crippen molar-refractivity contribution < 1.29 is 9.53 Å². The smallest absolute Gasteiger partial charge is 0.244 e. The highest BCUT2D eigenvalue weighted by atomic mass is 35.5. The van der Waals surface area contributed by atoms with Gasteiger partial charge in [0.25, 0.3) is 0 Å². The van der Waals surface area contributed by atoms with Gasteiger partial charge < -0.3 is 9.64 Å². The van der Waals surface area contributed by atoms with Gasteiger partial charge in [0, 0.05) is 19.3 Å². The average Bonchev–Trinajstić information content (AvgIpc) is 2.33. The van der Waals surface area contributed by atoms with Gasteiger partial charge in [0.1, 0.15) is 5.38 Å². The summed E-state index contributed by atoms with van der Waals surface area (Å²) < 4.78 is 5.06. The summed E-state index contributed by atoms with van der Waals surface area (Å²) >= 11 is 5.91. The van der Waals surface area contributed by atoms with Crippen LogP contribution in [0.2, 0.25) is 0 Å². The quantitative estimate of drug-likeness (QED) is 0.770. The molecule has 0 bridgehead atoms. The van der Waals surface area contributed by atoms with E-state index in [1.165, 1.54) is 0 Å². The highest BCUT2D eigenvalue weighted by Crippen LogP contribution is 2.23. The fourth-order valence-electron chi connectivity index (χ4n) is 1.76. The summed E-state index contributed by atoms with van der Waals surface area (Å²) in [6.07, 6.45) is 0. The number of benzene rings is 1. The number of hydrogen-bond donors (Lipinski definition) is 0. The van der Waals surface area contributed by atoms with E-state index >= 15 is 0 Å². The Morgan fingerprint density at radius 2 is 2.11 bits per heavy atom. The fourth-order valence-corrected chi connectivity index (χ4v) is 1.87. The number of hydrogen-bond acceptors (Lipinski definition) is 2. The van der Waals surface area contributed by atoms with E-state index < -0.39 is 5.38 Å². The molecule has 1 amide bonds. The Bertz CT molecular complexity index is 418. The molecule has 0 saturated carbocycles. The van der Waals surface area contributed by atoms with Crippen molar-refractivity contribution >= 4 is 23.2 Å². The zero-order valence-electron chi connectivity index (χ0n) is 11.4. The molecular formula is C14H20ClNO2. The minimum absolute atomic E-state index is 0.0950. The van der Waals surface area contributed by atoms with Gasteiger partial charge in [-0.25, -0.2) is 0 Å². The van der Waals surface area contributed by atoms with Crippen molar-refractivity contribution in [2.24, 2.45) is 0 Å². The van der Waals surface area contributed by atoms with Crippen LogP contribution >= 0.6 is 11.6 Å². The monoisotopic (exact) mass is 269 g/mol. The zero-order valence-corrected chi connectivity index (χ0v) is 12.1. The minimum Gasteiger partial charge on any atom is -0.383 e. The molecule has 4 heteroatoms. The van der Waals surface area contributed by atoms with Crippen LogP contribution in [0.3, 0.4) is 0 Å². The molecule has 1 rings (SSSR count). The first-order chi connectivity index (χ1) is 8.47. The van der Waals surface area contributed by atoms with E-state index in [0.29, 0.717) is 13.2 Å². The molecule has 1 atom stereocenters. The molecule has 0 N–H and O–H groups in total. The summed E-state index contributed by atoms with van der Waals surface area (Å²) in [6, 6.07) is 6.04. The minimum atomic E-state index is -0.540. The molecule has 0 aliphatic carbocycles. The van der Waals surface area contributed by atoms with Gasteiger partial charge in [-0.15, -0.1) is 11.6 Å². The van der Waals surface area contributed by atoms with E-state index in [9.17, 15) is 4.79 Å². The maximum atomic E-state index is 12.2. The van der Waals surface area contributed by atoms with Crippen molar-refractivity contribution in [3.63, 3.8) is 0 Å². The fraction of sp³-hybridized carbons (Fsp3) is 0.500. The van der Waals surface area contributed by atoms with Gasteiger partial charge in [-0.2, -0.15) is 0 Å². The molecule has 0 saturated heterocycles. The van der Waals surface area contributed by atoms with Crippen molar-refractivity contribution in [2.75, 3.05) is 25.2 Å². The zero-order chi connectivity index (χ0) is 13.7. The second-order valence-corrected chi connectivity index (χ2v) is 5.04. The Morgan fingerprint density at radius 3 is 2.67 bits per heavy atom. The Kier molecular flexibility index (Phi) is 5.63. The molecule has 0 radical (unpaired) electrons. The predicted molar refractivity (Wildman–Crippen MR) is 75.5 cm³/mol. The molecule has 0 aromatic heterocycles. The largest absolute Gasteiger partial charge is 0.383 e. The van der Waals surface area contributed by atoms with Crippen LogP contribution in [0.4, 0.5) is 5.69 Å². The number of carbonyl (C=O) groups is 1. The van der Waals surface area contributed by atoms with Gasteiger partial charge in [0.05, 0.1) is 6.61 Å². The van der Waals surface area contributed by atoms with E-state index in [1.807, 2.05) is 32.0 Å². The Balaban J connectivity index is 3.08. The topological polar surface area (TPSA) is 29.5 Å². The molecule has 1 aromatic carbocycles. The van der Waals surface area contributed by atoms with Crippen LogP contribution in [-0.4, -0.2) is 31.5 Å². The van der Waals surface area contributed by atoms with Crippen LogP contribution in [0, 0.1) is 13.8 Å². The van der Waals surface area contributed by atoms with Crippen LogP contribution in [0.25, 0.3) is 0 Å². The van der Waals surface area contributed by atoms with Gasteiger partial charge in [-0.3, -0.25) is 4.79 Å². The lowest BCUT2D eigenvalue weighted by Gasteiger charge is -2.25. The lowest BCUT2D eigenvalue weighted by atomic mass is 10.1. The van der Waals surface area contributed by atoms with Crippen LogP contribution < -0.4 is 4.90 Å². The first kappa shape index (κ1) is 15.0. The number of rotatable bonds is 5. The lowest BCUT2D eigenvalue weighted by molar-refractivity contribution is -0.118. The molecule has 0 aliphatic heterocycles. The third kappa shape index (κ3) is 3.72. The highest BCUT2D eigenvalue weighted by molar-refractivity contribution is 6.32. The average molecular weight is 270 g/mol. The second-order valence-electron chi connectivity index (χ2n) is 4.39. The van der Waals surface area contributed by atoms with E-state index in [4.69, 9.17) is 16.3 Å². The molecule has 0 aliphatic rings. The molecule has 1 aromatic rings. The van der Waals surface area contributed by atoms with Crippen molar-refractivity contribution in [1.82, 2.24) is 0 Å². The van der Waals surface area contributed by atoms with Crippen LogP contribution in [0.1, 0.15) is 18.1 Å². The van der Waals surface area contributed by atoms with Crippen molar-refractivity contribution in [1.29, 1.82) is 0 Å². The maximum Gasteiger partial charge on any atom is 0.244 e. The Hall–Kier alpha value is -1.06. The summed E-state index contributed by atoms with van der Waals surface area (Å²) in [5.41, 5.74) is 3.08. The maximum absolute atomic E-state index is 12.2. The van der Waals surface area contributed by atoms with Crippen molar-refractivity contribution in [3.05, 3.63) is 29.3 Å². The highest BCUT2D eigenvalue weighted by Gasteiger charge is 2.21. The molecule has 3 nitrogen and oxygen atoms in total. The summed E-state index contributed by atoms with van der Waals surface area (Å²) in [7, 11) is 1.62. The van der Waals surface area contributed by atoms with Gasteiger partial charge in [-0.05, 0) is 38.0 Å². The molecule has 0 fully saturated rings. The summed E-state index contributed by atoms with van der Waals surface area (Å²) in [5.74, 6) is -0.0950. The normalized spacial score (nSPS) is 12.3. The van der Waals surface area contributed by atoms with Gasteiger partial charge >= 0.3 is 0 Å². The summed E-state index contributed by atoms with van der Waals surface area (Å²) in [6.45, 7) is 6.68. The first-order valence-electron chi connectivity index (χ1n) is 5.99. The van der Waals surface area contributed by atoms with Crippen LogP contribution in [-0.2, 0) is 9.53 Å². The second kappa shape index (κ2) is 6.76. The number of amides is 1. The number of alkyl halides is 1. The molecule has 100 valence electrons. The standard InChI is InChI=1S/C14H20ClNO2/c1-10-5-6-11(2)13(9-10)16(7-8-18-4)14(17)12(3)15/h5-6,9,12H,7-8H2,1-4H3. The Morgan fingerprint density at radius 1 is 1.44 bits per heavy atom. The molecular weight excluding hydrogens is 250 g/mol. The SMILES string of the molecule is COCCN(C(=O)C(C)Cl)c1cc(C)ccc1C. The van der Waals surface area contributed by atoms with Crippen molar-refractivity contribution in [3.8, 4) is 0 Å². The summed E-state index contributed by atoms with van der Waals surface area (Å²) in [4.78, 5) is 13.8. The number of anilines is 1. The van der Waals surface area contributed by atoms with E-state index in [2.05, 4.69) is 0 Å². The van der Waals surface area contributed by atoms with Gasteiger partial charge in [0.2, 0.25) is 5.91 Å². The number of methoxy groups -OCH3 is 1. The lowest BCUT2D eigenvalue weighted by Crippen LogP contribution is -2.38. The third-order valence-electron chi connectivity index (χ3n) is 2.78. The number of aryl methyl sites for hydroxylation is 2. The number of ether oxygens (including phenoxy) is 1. The summed E-state index contributed by atoms with van der Waals surface area (Å²) in [5, 5.41) is -0.540. The van der Waals surface area contributed by atoms with E-state index in [-0.39, 0.29) is 5.91 Å². The van der Waals surface area contributed by atoms with Crippen LogP contribution in [0.15, 0.2) is 18.2 Å². The van der Waals surface area contributed by atoms with Gasteiger partial charge in [0.15, 0.2) is 0 Å². The van der Waals surface area contributed by atoms with Crippen molar-refractivity contribution in [2.45, 2.75) is 26.1 Å². The third-order valence-corrected chi connectivity index (χ3v) is 2.97.